The number of methoxy groups -OCH3 is 3. The van der Waals surface area contributed by atoms with Gasteiger partial charge >= 0.3 is 0 Å². The van der Waals surface area contributed by atoms with Gasteiger partial charge in [-0.3, -0.25) is 0 Å². The summed E-state index contributed by atoms with van der Waals surface area (Å²) >= 11 is 0. The summed E-state index contributed by atoms with van der Waals surface area (Å²) in [6.45, 7) is 83.7. The van der Waals surface area contributed by atoms with Gasteiger partial charge in [-0.2, -0.15) is 0 Å². The van der Waals surface area contributed by atoms with Crippen LogP contribution in [0.15, 0.2) is 157 Å². The van der Waals surface area contributed by atoms with Crippen LogP contribution in [0.25, 0.3) is 0 Å². The van der Waals surface area contributed by atoms with E-state index in [1.54, 1.807) is 45.6 Å². The van der Waals surface area contributed by atoms with Gasteiger partial charge in [-0.25, -0.2) is 0 Å². The van der Waals surface area contributed by atoms with E-state index < -0.39 is 0 Å². The fraction of sp³-hybridized carbons (Fsp3) is 0.661. The van der Waals surface area contributed by atoms with Crippen LogP contribution in [-0.2, 0) is 62.2 Å². The molecular formula is C112H189NO9. The first-order valence-electron chi connectivity index (χ1n) is 45.9. The normalized spacial score (nSPS) is 15.8. The molecule has 1 saturated carbocycles. The molecule has 3 atom stereocenters. The lowest BCUT2D eigenvalue weighted by Crippen LogP contribution is -2.17. The molecule has 2 heterocycles. The lowest BCUT2D eigenvalue weighted by Gasteiger charge is -2.21. The largest absolute Gasteiger partial charge is 0.508 e. The molecule has 1 aliphatic carbocycles. The van der Waals surface area contributed by atoms with Gasteiger partial charge in [0.1, 0.15) is 11.5 Å². The van der Waals surface area contributed by atoms with Crippen LogP contribution in [0.3, 0.4) is 0 Å². The van der Waals surface area contributed by atoms with Gasteiger partial charge in [0.15, 0.2) is 17.8 Å². The molecule has 6 aromatic rings. The zero-order valence-electron chi connectivity index (χ0n) is 86.4. The molecule has 10 heteroatoms. The second-order valence-electron chi connectivity index (χ2n) is 47.5. The van der Waals surface area contributed by atoms with E-state index in [1.807, 2.05) is 30.3 Å². The predicted molar refractivity (Wildman–Crippen MR) is 532 cm³/mol. The Kier molecular flexibility index (Phi) is 52.0. The highest BCUT2D eigenvalue weighted by Gasteiger charge is 2.56. The number of allylic oxidation sites excluding steroid dienone is 2. The predicted octanol–water partition coefficient (Wildman–Crippen LogP) is 31.0. The van der Waals surface area contributed by atoms with Crippen LogP contribution in [0.2, 0.25) is 0 Å². The van der Waals surface area contributed by atoms with Crippen molar-refractivity contribution in [2.45, 2.75) is 338 Å². The third-order valence-corrected chi connectivity index (χ3v) is 19.8. The van der Waals surface area contributed by atoms with Crippen molar-refractivity contribution in [3.8, 4) is 23.0 Å². The Morgan fingerprint density at radius 2 is 0.811 bits per heavy atom. The lowest BCUT2D eigenvalue weighted by molar-refractivity contribution is -0.0654. The summed E-state index contributed by atoms with van der Waals surface area (Å²) in [5.41, 5.74) is 16.6. The molecular weight excluding hydrogens is 1500 g/mol. The summed E-state index contributed by atoms with van der Waals surface area (Å²) in [5, 5.41) is 18.1. The summed E-state index contributed by atoms with van der Waals surface area (Å²) in [4.78, 5) is 2.14. The zero-order valence-corrected chi connectivity index (χ0v) is 86.4. The average molecular weight is 1690 g/mol. The van der Waals surface area contributed by atoms with Gasteiger partial charge in [0, 0.05) is 46.5 Å². The monoisotopic (exact) mass is 1690 g/mol. The molecule has 3 aliphatic rings. The highest BCUT2D eigenvalue weighted by molar-refractivity contribution is 5.47. The first-order chi connectivity index (χ1) is 55.7. The Balaban J connectivity index is 0.00000134. The highest BCUT2D eigenvalue weighted by atomic mass is 16.7. The van der Waals surface area contributed by atoms with E-state index in [4.69, 9.17) is 43.4 Å². The van der Waals surface area contributed by atoms with Gasteiger partial charge in [-0.05, 0) is 251 Å². The number of hydrogen-bond donors (Lipinski definition) is 2. The quantitative estimate of drug-likeness (QED) is 0.0601. The second-order valence-corrected chi connectivity index (χ2v) is 47.5. The number of nitrogens with zero attached hydrogens (tertiary/aromatic N) is 1. The maximum Gasteiger partial charge on any atom is 0.160 e. The number of hydrogen-bond acceptors (Lipinski definition) is 10. The number of aryl methyl sites for hydroxylation is 2. The third kappa shape index (κ3) is 65.4. The topological polar surface area (TPSA) is 108 Å². The SMILES string of the molecule is CC(C)(C)CC1CCCO1.CC(C)(C)CC1OCCO1.CC(C)(C)Cc1ccc(O)cc1.CC(C)(C)Cc1ccc(O)cc1.CC(C)(C)Cc1ccccc1.CC(C)=CC1C(CC(C)(C)C)C1(C)C.CN(C)c1cccc(CC(C)(C)C)c1.COCCOCCC(C)(C)C.COc1ccc(CCC(C)(C)C)cc1OC.Cc1ccc(CC(C)(C)C)cc1. The van der Waals surface area contributed by atoms with Gasteiger partial charge in [0.05, 0.1) is 46.8 Å². The molecule has 0 amide bonds. The van der Waals surface area contributed by atoms with Gasteiger partial charge in [0.25, 0.3) is 0 Å². The van der Waals surface area contributed by atoms with Crippen LogP contribution < -0.4 is 14.4 Å². The number of phenolic OH excluding ortho intramolecular Hbond substituents is 2. The van der Waals surface area contributed by atoms with Gasteiger partial charge in [0.2, 0.25) is 0 Å². The Bertz CT molecular complexity index is 3500. The van der Waals surface area contributed by atoms with Crippen LogP contribution in [-0.4, -0.2) is 97.7 Å². The standard InChI is InChI=1S/C14H22O2.C14H26.C13H21N.C12H18.2C11H16O.C11H16.C9H20O2.C9H18O.C8H16O2/c1-14(2,3)9-8-11-6-7-12(15-4)13(10-11)16-5;1-10(2)8-11-12(14(11,6)7)9-13(3,4)5;1-13(2,3)10-11-7-6-8-12(9-11)14(4)5;1-10-5-7-11(8-6-10)9-12(2,3)4;2*1-11(2,3)8-9-4-6-10(12)7-5-9;1-11(2,3)9-10-7-5-4-6-8-10;1-9(2,3)5-6-11-8-7-10-4;1-9(2,3)7-8-5-4-6-10-8;1-8(2,3)6-7-9-4-5-10-7/h6-7,10H,8-9H2,1-5H3;8,11-12H,9H2,1-7H3;6-9H,10H2,1-5H3;5-8H,9H2,1-4H3;2*4-7,12H,8H2,1-3H3;4-8H,9H2,1-3H3;5-8H2,1-4H3;8H,4-7H2,1-3H3;7H,4-6H2,1-3H3. The molecule has 2 N–H and O–H groups in total. The molecule has 2 aliphatic heterocycles. The van der Waals surface area contributed by atoms with Crippen LogP contribution in [0, 0.1) is 78.3 Å². The first-order valence-corrected chi connectivity index (χ1v) is 45.9. The van der Waals surface area contributed by atoms with E-state index >= 15 is 0 Å². The molecule has 3 fully saturated rings. The van der Waals surface area contributed by atoms with Crippen molar-refractivity contribution in [1.82, 2.24) is 0 Å². The fourth-order valence-corrected chi connectivity index (χ4v) is 13.8. The smallest absolute Gasteiger partial charge is 0.160 e. The first kappa shape index (κ1) is 116. The minimum atomic E-state index is 0.0556. The molecule has 0 radical (unpaired) electrons. The van der Waals surface area contributed by atoms with E-state index in [9.17, 15) is 0 Å². The number of benzene rings is 6. The lowest BCUT2D eigenvalue weighted by atomic mass is 9.87. The van der Waals surface area contributed by atoms with E-state index in [0.717, 1.165) is 101 Å². The number of phenols is 2. The molecule has 0 spiro atoms. The summed E-state index contributed by atoms with van der Waals surface area (Å²) in [5.74, 6) is 4.01. The second kappa shape index (κ2) is 54.8. The van der Waals surface area contributed by atoms with E-state index in [2.05, 4.69) is 358 Å². The Morgan fingerprint density at radius 1 is 0.410 bits per heavy atom. The minimum absolute atomic E-state index is 0.0556. The molecule has 122 heavy (non-hydrogen) atoms. The summed E-state index contributed by atoms with van der Waals surface area (Å²) in [6, 6.07) is 49.2. The Labute approximate surface area is 753 Å². The maximum atomic E-state index is 9.05. The molecule has 696 valence electrons. The van der Waals surface area contributed by atoms with Crippen molar-refractivity contribution >= 4 is 5.69 Å². The maximum absolute atomic E-state index is 9.05. The molecule has 3 unspecified atom stereocenters. The average Bonchev–Trinajstić information content (AvgIpc) is 1.58. The summed E-state index contributed by atoms with van der Waals surface area (Å²) < 4.78 is 36.8. The fourth-order valence-electron chi connectivity index (χ4n) is 13.8. The van der Waals surface area contributed by atoms with E-state index in [-0.39, 0.29) is 6.29 Å². The summed E-state index contributed by atoms with van der Waals surface area (Å²) in [6.07, 6.45) is 18.1. The van der Waals surface area contributed by atoms with Crippen molar-refractivity contribution in [1.29, 1.82) is 0 Å². The van der Waals surface area contributed by atoms with Gasteiger partial charge < -0.3 is 48.3 Å². The van der Waals surface area contributed by atoms with Gasteiger partial charge in [-0.1, -0.05) is 336 Å². The Morgan fingerprint density at radius 3 is 1.18 bits per heavy atom. The van der Waals surface area contributed by atoms with Crippen LogP contribution in [0.1, 0.15) is 319 Å². The van der Waals surface area contributed by atoms with Crippen molar-refractivity contribution in [3.05, 3.63) is 196 Å². The van der Waals surface area contributed by atoms with Crippen LogP contribution in [0.5, 0.6) is 23.0 Å². The zero-order chi connectivity index (χ0) is 94.0. The van der Waals surface area contributed by atoms with E-state index in [0.29, 0.717) is 90.4 Å². The van der Waals surface area contributed by atoms with E-state index in [1.165, 1.54) is 82.3 Å². The third-order valence-electron chi connectivity index (χ3n) is 19.8. The van der Waals surface area contributed by atoms with Crippen molar-refractivity contribution < 1.29 is 43.4 Å². The van der Waals surface area contributed by atoms with Crippen LogP contribution >= 0.6 is 0 Å². The highest BCUT2D eigenvalue weighted by Crippen LogP contribution is 2.63. The number of rotatable bonds is 19. The van der Waals surface area contributed by atoms with Gasteiger partial charge in [-0.15, -0.1) is 0 Å². The number of ether oxygens (including phenoxy) is 7. The Hall–Kier alpha value is -6.14. The number of aromatic hydroxyl groups is 2. The van der Waals surface area contributed by atoms with Crippen LogP contribution in [0.4, 0.5) is 5.69 Å². The number of anilines is 1. The molecule has 10 nitrogen and oxygen atoms in total. The van der Waals surface area contributed by atoms with Crippen molar-refractivity contribution in [2.24, 2.45) is 71.4 Å². The van der Waals surface area contributed by atoms with Crippen molar-refractivity contribution in [3.63, 3.8) is 0 Å². The molecule has 9 rings (SSSR count). The minimum Gasteiger partial charge on any atom is -0.508 e. The molecule has 6 aromatic carbocycles. The van der Waals surface area contributed by atoms with Crippen molar-refractivity contribution in [2.75, 3.05) is 80.0 Å². The summed E-state index contributed by atoms with van der Waals surface area (Å²) in [7, 11) is 9.18. The molecule has 0 aromatic heterocycles. The molecule has 2 saturated heterocycles. The molecule has 0 bridgehead atoms.